The molecule has 3 N–H and O–H groups in total. The lowest BCUT2D eigenvalue weighted by Crippen LogP contribution is -2.21. The smallest absolute Gasteiger partial charge is 0.387 e. The van der Waals surface area contributed by atoms with Crippen LogP contribution in [0.15, 0.2) is 42.5 Å². The fourth-order valence-electron chi connectivity index (χ4n) is 2.22. The maximum absolute atomic E-state index is 12.2. The molecule has 6 heteroatoms. The maximum Gasteiger partial charge on any atom is 0.387 e. The number of rotatable bonds is 7. The number of hydrogen-bond donors (Lipinski definition) is 3. The maximum atomic E-state index is 12.2. The third-order valence-electron chi connectivity index (χ3n) is 3.44. The van der Waals surface area contributed by atoms with Crippen LogP contribution in [0.5, 0.6) is 11.5 Å². The number of aliphatic hydroxyl groups excluding tert-OH is 1. The summed E-state index contributed by atoms with van der Waals surface area (Å²) < 4.78 is 28.7. The molecule has 2 rings (SSSR count). The summed E-state index contributed by atoms with van der Waals surface area (Å²) in [6, 6.07) is 11.4. The number of hydrogen-bond acceptors (Lipinski definition) is 4. The van der Waals surface area contributed by atoms with Crippen LogP contribution >= 0.6 is 0 Å². The van der Waals surface area contributed by atoms with Crippen LogP contribution < -0.4 is 10.1 Å². The highest BCUT2D eigenvalue weighted by atomic mass is 19.3. The van der Waals surface area contributed by atoms with E-state index in [4.69, 9.17) is 0 Å². The van der Waals surface area contributed by atoms with E-state index in [1.165, 1.54) is 12.1 Å². The molecule has 124 valence electrons. The number of aromatic hydroxyl groups is 1. The lowest BCUT2D eigenvalue weighted by Gasteiger charge is -2.14. The van der Waals surface area contributed by atoms with Crippen LogP contribution in [0.1, 0.15) is 22.8 Å². The molecule has 1 unspecified atom stereocenters. The van der Waals surface area contributed by atoms with Gasteiger partial charge < -0.3 is 20.3 Å². The Morgan fingerprint density at radius 3 is 2.65 bits per heavy atom. The van der Waals surface area contributed by atoms with Crippen molar-refractivity contribution in [2.24, 2.45) is 0 Å². The molecule has 1 atom stereocenters. The Labute approximate surface area is 133 Å². The zero-order chi connectivity index (χ0) is 16.8. The normalized spacial score (nSPS) is 12.4. The van der Waals surface area contributed by atoms with E-state index in [9.17, 15) is 19.0 Å². The van der Waals surface area contributed by atoms with E-state index in [-0.39, 0.29) is 18.0 Å². The Bertz CT molecular complexity index is 649. The summed E-state index contributed by atoms with van der Waals surface area (Å²) in [5.41, 5.74) is 1.98. The molecule has 0 saturated carbocycles. The quantitative estimate of drug-likeness (QED) is 0.733. The summed E-state index contributed by atoms with van der Waals surface area (Å²) in [6.45, 7) is -0.490. The predicted octanol–water partition coefficient (Wildman–Crippen LogP) is 3.13. The number of para-hydroxylation sites is 1. The van der Waals surface area contributed by atoms with Gasteiger partial charge in [0.1, 0.15) is 11.5 Å². The monoisotopic (exact) mass is 323 g/mol. The predicted molar refractivity (Wildman–Crippen MR) is 82.6 cm³/mol. The molecule has 0 aliphatic rings. The molecule has 0 radical (unpaired) electrons. The third kappa shape index (κ3) is 4.91. The van der Waals surface area contributed by atoms with E-state index in [0.717, 1.165) is 11.1 Å². The van der Waals surface area contributed by atoms with Crippen molar-refractivity contribution in [2.75, 3.05) is 6.54 Å². The molecule has 0 aromatic heterocycles. The molecule has 0 aliphatic carbocycles. The zero-order valence-corrected chi connectivity index (χ0v) is 12.7. The van der Waals surface area contributed by atoms with Crippen molar-refractivity contribution in [1.82, 2.24) is 5.32 Å². The van der Waals surface area contributed by atoms with Gasteiger partial charge in [-0.15, -0.1) is 0 Å². The van der Waals surface area contributed by atoms with Gasteiger partial charge in [-0.1, -0.05) is 30.3 Å². The summed E-state index contributed by atoms with van der Waals surface area (Å²) in [5.74, 6) is 0.231. The average Bonchev–Trinajstić information content (AvgIpc) is 2.51. The second-order valence-corrected chi connectivity index (χ2v) is 5.18. The zero-order valence-electron chi connectivity index (χ0n) is 12.7. The van der Waals surface area contributed by atoms with Gasteiger partial charge >= 0.3 is 6.61 Å². The van der Waals surface area contributed by atoms with Crippen molar-refractivity contribution in [3.05, 3.63) is 59.2 Å². The molecule has 4 nitrogen and oxygen atoms in total. The number of halogens is 2. The highest BCUT2D eigenvalue weighted by Crippen LogP contribution is 2.22. The number of ether oxygens (including phenoxy) is 1. The van der Waals surface area contributed by atoms with Crippen LogP contribution in [0.25, 0.3) is 0 Å². The Hall–Kier alpha value is -2.18. The Morgan fingerprint density at radius 2 is 1.91 bits per heavy atom. The number of alkyl halides is 2. The largest absolute Gasteiger partial charge is 0.507 e. The van der Waals surface area contributed by atoms with E-state index in [1.54, 1.807) is 18.2 Å². The molecule has 0 saturated heterocycles. The number of phenols is 1. The fourth-order valence-corrected chi connectivity index (χ4v) is 2.22. The number of nitrogens with one attached hydrogen (secondary N) is 1. The van der Waals surface area contributed by atoms with Crippen LogP contribution in [0, 0.1) is 6.92 Å². The van der Waals surface area contributed by atoms with Crippen molar-refractivity contribution in [1.29, 1.82) is 0 Å². The van der Waals surface area contributed by atoms with Crippen LogP contribution in [0.4, 0.5) is 8.78 Å². The van der Waals surface area contributed by atoms with Gasteiger partial charge in [0.25, 0.3) is 0 Å². The lowest BCUT2D eigenvalue weighted by atomic mass is 10.1. The molecule has 23 heavy (non-hydrogen) atoms. The molecule has 2 aromatic carbocycles. The van der Waals surface area contributed by atoms with Gasteiger partial charge in [0.2, 0.25) is 0 Å². The Morgan fingerprint density at radius 1 is 1.17 bits per heavy atom. The molecular formula is C17H19F2NO3. The van der Waals surface area contributed by atoms with Crippen molar-refractivity contribution in [3.8, 4) is 11.5 Å². The summed E-state index contributed by atoms with van der Waals surface area (Å²) in [4.78, 5) is 0. The lowest BCUT2D eigenvalue weighted by molar-refractivity contribution is -0.0499. The Balaban J connectivity index is 1.92. The SMILES string of the molecule is Cc1cccc(CNCC(O)c2cccc(OC(F)F)c2)c1O. The summed E-state index contributed by atoms with van der Waals surface area (Å²) in [7, 11) is 0. The molecule has 0 fully saturated rings. The first kappa shape index (κ1) is 17.2. The highest BCUT2D eigenvalue weighted by molar-refractivity contribution is 5.39. The van der Waals surface area contributed by atoms with E-state index < -0.39 is 12.7 Å². The first-order valence-corrected chi connectivity index (χ1v) is 7.18. The molecule has 0 spiro atoms. The van der Waals surface area contributed by atoms with Crippen LogP contribution in [-0.2, 0) is 6.54 Å². The Kier molecular flexibility index (Phi) is 5.90. The number of benzene rings is 2. The third-order valence-corrected chi connectivity index (χ3v) is 3.44. The van der Waals surface area contributed by atoms with Crippen LogP contribution in [0.3, 0.4) is 0 Å². The van der Waals surface area contributed by atoms with Crippen molar-refractivity contribution in [3.63, 3.8) is 0 Å². The second-order valence-electron chi connectivity index (χ2n) is 5.18. The van der Waals surface area contributed by atoms with E-state index in [2.05, 4.69) is 10.1 Å². The van der Waals surface area contributed by atoms with Gasteiger partial charge in [0, 0.05) is 18.7 Å². The highest BCUT2D eigenvalue weighted by Gasteiger charge is 2.11. The first-order valence-electron chi connectivity index (χ1n) is 7.18. The molecule has 0 bridgehead atoms. The van der Waals surface area contributed by atoms with Gasteiger partial charge in [-0.25, -0.2) is 0 Å². The standard InChI is InChI=1S/C17H19F2NO3/c1-11-4-2-6-13(16(11)22)9-20-10-15(21)12-5-3-7-14(8-12)23-17(18)19/h2-8,15,17,20-22H,9-10H2,1H3. The topological polar surface area (TPSA) is 61.7 Å². The van der Waals surface area contributed by atoms with E-state index in [0.29, 0.717) is 12.1 Å². The minimum atomic E-state index is -2.90. The van der Waals surface area contributed by atoms with Gasteiger partial charge in [-0.3, -0.25) is 0 Å². The second kappa shape index (κ2) is 7.89. The number of phenolic OH excluding ortho intramolecular Hbond substituents is 1. The van der Waals surface area contributed by atoms with E-state index >= 15 is 0 Å². The first-order chi connectivity index (χ1) is 11.0. The van der Waals surface area contributed by atoms with Crippen molar-refractivity contribution < 1.29 is 23.7 Å². The molecule has 0 amide bonds. The minimum Gasteiger partial charge on any atom is -0.507 e. The summed E-state index contributed by atoms with van der Waals surface area (Å²) >= 11 is 0. The number of aliphatic hydroxyl groups is 1. The molecule has 2 aromatic rings. The summed E-state index contributed by atoms with van der Waals surface area (Å²) in [6.07, 6.45) is -0.872. The van der Waals surface area contributed by atoms with E-state index in [1.807, 2.05) is 19.1 Å². The fraction of sp³-hybridized carbons (Fsp3) is 0.294. The van der Waals surface area contributed by atoms with Gasteiger partial charge in [0.05, 0.1) is 6.10 Å². The van der Waals surface area contributed by atoms with Gasteiger partial charge in [-0.05, 0) is 30.2 Å². The van der Waals surface area contributed by atoms with Gasteiger partial charge in [0.15, 0.2) is 0 Å². The molecule has 0 aliphatic heterocycles. The average molecular weight is 323 g/mol. The van der Waals surface area contributed by atoms with Crippen molar-refractivity contribution >= 4 is 0 Å². The van der Waals surface area contributed by atoms with Crippen LogP contribution in [0.2, 0.25) is 0 Å². The van der Waals surface area contributed by atoms with Crippen molar-refractivity contribution in [2.45, 2.75) is 26.2 Å². The minimum absolute atomic E-state index is 0.00730. The summed E-state index contributed by atoms with van der Waals surface area (Å²) in [5, 5.41) is 23.1. The number of aryl methyl sites for hydroxylation is 1. The van der Waals surface area contributed by atoms with Crippen LogP contribution in [-0.4, -0.2) is 23.4 Å². The molecule has 0 heterocycles. The molecular weight excluding hydrogens is 304 g/mol. The van der Waals surface area contributed by atoms with Gasteiger partial charge in [-0.2, -0.15) is 8.78 Å².